The van der Waals surface area contributed by atoms with Gasteiger partial charge in [0.15, 0.2) is 0 Å². The van der Waals surface area contributed by atoms with Gasteiger partial charge in [-0.25, -0.2) is 0 Å². The van der Waals surface area contributed by atoms with E-state index >= 15 is 0 Å². The zero-order valence-corrected chi connectivity index (χ0v) is 20.9. The average Bonchev–Trinajstić information content (AvgIpc) is 3.03. The topological polar surface area (TPSA) is 119 Å². The van der Waals surface area contributed by atoms with Crippen LogP contribution in [0.15, 0.2) is 0 Å². The summed E-state index contributed by atoms with van der Waals surface area (Å²) in [6, 6.07) is 0. The minimum Gasteiger partial charge on any atom is -0.379 e. The van der Waals surface area contributed by atoms with Gasteiger partial charge in [0.1, 0.15) is 11.6 Å². The van der Waals surface area contributed by atoms with Crippen molar-refractivity contribution in [2.45, 2.75) is 84.5 Å². The second kappa shape index (κ2) is 18.2. The summed E-state index contributed by atoms with van der Waals surface area (Å²) in [6.07, 6.45) is 7.57. The number of carbonyl (C=O) groups is 5. The molecule has 0 aromatic rings. The van der Waals surface area contributed by atoms with E-state index in [1.807, 2.05) is 0 Å². The van der Waals surface area contributed by atoms with Crippen LogP contribution in [0.4, 0.5) is 0 Å². The number of carbonyl (C=O) groups excluding carboxylic acids is 5. The molecule has 9 nitrogen and oxygen atoms in total. The number of amides is 3. The van der Waals surface area contributed by atoms with Crippen molar-refractivity contribution in [1.29, 1.82) is 0 Å². The summed E-state index contributed by atoms with van der Waals surface area (Å²) in [5.74, 6) is -0.365. The standard InChI is InChI=1S/C25H42N2O7/c1-20-19-24(31)27(25(20)32)14-11-22(29)9-7-5-3-4-6-8-10-23(30)26-13-16-34-18-17-33-15-12-21(2)28/h20H,3-19H2,1-2H3,(H,26,30). The normalized spacial score (nSPS) is 15.7. The van der Waals surface area contributed by atoms with E-state index in [9.17, 15) is 24.0 Å². The van der Waals surface area contributed by atoms with Gasteiger partial charge in [0.25, 0.3) is 0 Å². The van der Waals surface area contributed by atoms with Crippen molar-refractivity contribution in [2.75, 3.05) is 39.5 Å². The molecule has 0 aromatic carbocycles. The molecule has 1 aliphatic rings. The van der Waals surface area contributed by atoms with E-state index in [4.69, 9.17) is 9.47 Å². The van der Waals surface area contributed by atoms with E-state index in [-0.39, 0.29) is 54.6 Å². The first kappa shape index (κ1) is 29.9. The van der Waals surface area contributed by atoms with Crippen LogP contribution in [0.2, 0.25) is 0 Å². The third kappa shape index (κ3) is 14.2. The molecule has 194 valence electrons. The van der Waals surface area contributed by atoms with Gasteiger partial charge in [-0.1, -0.05) is 32.6 Å². The predicted octanol–water partition coefficient (Wildman–Crippen LogP) is 2.59. The van der Waals surface area contributed by atoms with E-state index < -0.39 is 0 Å². The molecule has 3 amide bonds. The lowest BCUT2D eigenvalue weighted by Gasteiger charge is -2.13. The van der Waals surface area contributed by atoms with E-state index in [1.165, 1.54) is 11.8 Å². The highest BCUT2D eigenvalue weighted by Gasteiger charge is 2.35. The molecule has 34 heavy (non-hydrogen) atoms. The van der Waals surface area contributed by atoms with Crippen molar-refractivity contribution in [3.8, 4) is 0 Å². The van der Waals surface area contributed by atoms with Crippen molar-refractivity contribution >= 4 is 29.3 Å². The number of nitrogens with one attached hydrogen (secondary N) is 1. The van der Waals surface area contributed by atoms with Gasteiger partial charge in [0.2, 0.25) is 17.7 Å². The first-order chi connectivity index (χ1) is 16.3. The monoisotopic (exact) mass is 482 g/mol. The Morgan fingerprint density at radius 1 is 0.853 bits per heavy atom. The van der Waals surface area contributed by atoms with Gasteiger partial charge in [0, 0.05) is 51.1 Å². The van der Waals surface area contributed by atoms with Gasteiger partial charge in [0.05, 0.1) is 26.4 Å². The largest absolute Gasteiger partial charge is 0.379 e. The fraction of sp³-hybridized carbons (Fsp3) is 0.800. The van der Waals surface area contributed by atoms with E-state index in [1.54, 1.807) is 6.92 Å². The predicted molar refractivity (Wildman–Crippen MR) is 127 cm³/mol. The van der Waals surface area contributed by atoms with Crippen LogP contribution in [0.5, 0.6) is 0 Å². The van der Waals surface area contributed by atoms with Crippen LogP contribution in [0, 0.1) is 5.92 Å². The summed E-state index contributed by atoms with van der Waals surface area (Å²) in [5.41, 5.74) is 0. The summed E-state index contributed by atoms with van der Waals surface area (Å²) >= 11 is 0. The highest BCUT2D eigenvalue weighted by Crippen LogP contribution is 2.19. The lowest BCUT2D eigenvalue weighted by molar-refractivity contribution is -0.139. The third-order valence-electron chi connectivity index (χ3n) is 5.73. The smallest absolute Gasteiger partial charge is 0.232 e. The maximum absolute atomic E-state index is 12.0. The first-order valence-electron chi connectivity index (χ1n) is 12.6. The number of rotatable bonds is 21. The Morgan fingerprint density at radius 2 is 1.47 bits per heavy atom. The molecule has 1 heterocycles. The van der Waals surface area contributed by atoms with E-state index in [2.05, 4.69) is 5.32 Å². The molecule has 1 fully saturated rings. The van der Waals surface area contributed by atoms with Crippen LogP contribution in [0.1, 0.15) is 84.5 Å². The molecule has 1 saturated heterocycles. The molecular weight excluding hydrogens is 440 g/mol. The minimum absolute atomic E-state index is 0.0243. The third-order valence-corrected chi connectivity index (χ3v) is 5.73. The summed E-state index contributed by atoms with van der Waals surface area (Å²) in [6.45, 7) is 5.69. The van der Waals surface area contributed by atoms with Gasteiger partial charge < -0.3 is 14.8 Å². The SMILES string of the molecule is CC(=O)CCOCCOCCNC(=O)CCCCCCCCC(=O)CCN1C(=O)CC(C)C1=O. The molecular formula is C25H42N2O7. The number of imide groups is 1. The molecule has 1 aliphatic heterocycles. The molecule has 9 heteroatoms. The lowest BCUT2D eigenvalue weighted by atomic mass is 10.1. The molecule has 0 saturated carbocycles. The molecule has 0 aromatic heterocycles. The number of likely N-dealkylation sites (tertiary alicyclic amines) is 1. The zero-order valence-electron chi connectivity index (χ0n) is 20.9. The first-order valence-corrected chi connectivity index (χ1v) is 12.6. The van der Waals surface area contributed by atoms with Crippen LogP contribution in [-0.4, -0.2) is 73.7 Å². The molecule has 0 aliphatic carbocycles. The van der Waals surface area contributed by atoms with Gasteiger partial charge in [-0.3, -0.25) is 28.9 Å². The Labute approximate surface area is 203 Å². The Kier molecular flexibility index (Phi) is 16.0. The average molecular weight is 483 g/mol. The van der Waals surface area contributed by atoms with Crippen LogP contribution in [0.25, 0.3) is 0 Å². The zero-order chi connectivity index (χ0) is 25.2. The van der Waals surface area contributed by atoms with Gasteiger partial charge in [-0.05, 0) is 19.8 Å². The van der Waals surface area contributed by atoms with Crippen molar-refractivity contribution in [1.82, 2.24) is 10.2 Å². The maximum Gasteiger partial charge on any atom is 0.232 e. The number of Topliss-reactive ketones (excluding diaryl/α,β-unsaturated/α-hetero) is 2. The summed E-state index contributed by atoms with van der Waals surface area (Å²) < 4.78 is 10.6. The molecule has 1 atom stereocenters. The molecule has 1 rings (SSSR count). The Hall–Kier alpha value is -2.13. The molecule has 0 bridgehead atoms. The fourth-order valence-electron chi connectivity index (χ4n) is 3.65. The van der Waals surface area contributed by atoms with Gasteiger partial charge >= 0.3 is 0 Å². The maximum atomic E-state index is 12.0. The number of hydrogen-bond acceptors (Lipinski definition) is 7. The van der Waals surface area contributed by atoms with Crippen LogP contribution < -0.4 is 5.32 Å². The van der Waals surface area contributed by atoms with Crippen molar-refractivity contribution < 1.29 is 33.4 Å². The van der Waals surface area contributed by atoms with Gasteiger partial charge in [-0.15, -0.1) is 0 Å². The number of unbranched alkanes of at least 4 members (excludes halogenated alkanes) is 5. The molecule has 0 radical (unpaired) electrons. The Bertz CT molecular complexity index is 666. The highest BCUT2D eigenvalue weighted by molar-refractivity contribution is 6.03. The van der Waals surface area contributed by atoms with E-state index in [0.717, 1.165) is 38.5 Å². The van der Waals surface area contributed by atoms with Crippen molar-refractivity contribution in [3.63, 3.8) is 0 Å². The van der Waals surface area contributed by atoms with Crippen LogP contribution in [0.3, 0.4) is 0 Å². The molecule has 1 unspecified atom stereocenters. The number of ether oxygens (including phenoxy) is 2. The quantitative estimate of drug-likeness (QED) is 0.197. The second-order valence-electron chi connectivity index (χ2n) is 8.93. The van der Waals surface area contributed by atoms with Crippen molar-refractivity contribution in [2.24, 2.45) is 5.92 Å². The van der Waals surface area contributed by atoms with Gasteiger partial charge in [-0.2, -0.15) is 0 Å². The summed E-state index contributed by atoms with van der Waals surface area (Å²) in [4.78, 5) is 59.3. The van der Waals surface area contributed by atoms with Crippen molar-refractivity contribution in [3.05, 3.63) is 0 Å². The summed E-state index contributed by atoms with van der Waals surface area (Å²) in [5, 5.41) is 2.83. The minimum atomic E-state index is -0.260. The molecule has 0 spiro atoms. The number of ketones is 2. The summed E-state index contributed by atoms with van der Waals surface area (Å²) in [7, 11) is 0. The molecule has 1 N–H and O–H groups in total. The highest BCUT2D eigenvalue weighted by atomic mass is 16.5. The van der Waals surface area contributed by atoms with E-state index in [0.29, 0.717) is 52.2 Å². The fourth-order valence-corrected chi connectivity index (χ4v) is 3.65. The second-order valence-corrected chi connectivity index (χ2v) is 8.93. The number of hydrogen-bond donors (Lipinski definition) is 1. The number of nitrogens with zero attached hydrogens (tertiary/aromatic N) is 1. The van der Waals surface area contributed by atoms with Crippen LogP contribution in [-0.2, 0) is 33.4 Å². The lowest BCUT2D eigenvalue weighted by Crippen LogP contribution is -2.32. The van der Waals surface area contributed by atoms with Crippen LogP contribution >= 0.6 is 0 Å². The Morgan fingerprint density at radius 3 is 2.09 bits per heavy atom. The Balaban J connectivity index is 1.85.